The monoisotopic (exact) mass is 566 g/mol. The van der Waals surface area contributed by atoms with Gasteiger partial charge in [-0.05, 0) is 59.9 Å². The topological polar surface area (TPSA) is 79.8 Å². The fourth-order valence-electron chi connectivity index (χ4n) is 4.18. The van der Waals surface area contributed by atoms with Crippen molar-refractivity contribution in [1.82, 2.24) is 0 Å². The molecule has 0 aromatic heterocycles. The van der Waals surface area contributed by atoms with E-state index >= 15 is 0 Å². The molecule has 0 fully saturated rings. The minimum atomic E-state index is -0.744. The molecule has 1 unspecified atom stereocenters. The average molecular weight is 567 g/mol. The third kappa shape index (κ3) is 7.63. The molecule has 0 aliphatic heterocycles. The number of carbonyl (C=O) groups is 1. The minimum Gasteiger partial charge on any atom is -0.506 e. The number of amides is 1. The van der Waals surface area contributed by atoms with Gasteiger partial charge in [-0.15, -0.1) is 0 Å². The number of hydrogen-bond acceptors (Lipinski definition) is 5. The van der Waals surface area contributed by atoms with Gasteiger partial charge in [0.05, 0.1) is 16.4 Å². The van der Waals surface area contributed by atoms with Crippen LogP contribution >= 0.6 is 11.6 Å². The Kier molecular flexibility index (Phi) is 10.4. The van der Waals surface area contributed by atoms with E-state index in [0.717, 1.165) is 18.4 Å². The fourth-order valence-corrected chi connectivity index (χ4v) is 4.39. The Hall–Kier alpha value is -3.38. The van der Waals surface area contributed by atoms with E-state index in [1.807, 2.05) is 43.3 Å². The first-order valence-electron chi connectivity index (χ1n) is 14.0. The molecule has 3 rings (SSSR count). The molecule has 0 radical (unpaired) electrons. The largest absolute Gasteiger partial charge is 0.506 e. The van der Waals surface area contributed by atoms with Gasteiger partial charge in [-0.3, -0.25) is 4.79 Å². The molecule has 0 saturated heterocycles. The number of aromatic hydroxyl groups is 1. The highest BCUT2D eigenvalue weighted by molar-refractivity contribution is 6.34. The molecule has 0 aliphatic carbocycles. The van der Waals surface area contributed by atoms with Crippen LogP contribution in [0.4, 0.5) is 11.4 Å². The van der Waals surface area contributed by atoms with E-state index in [-0.39, 0.29) is 34.2 Å². The van der Waals surface area contributed by atoms with E-state index in [0.29, 0.717) is 29.3 Å². The first kappa shape index (κ1) is 31.2. The number of phenolic OH excluding ortho intramolecular Hbond substituents is 1. The molecule has 3 aromatic rings. The summed E-state index contributed by atoms with van der Waals surface area (Å²) in [5, 5.41) is 16.7. The van der Waals surface area contributed by atoms with Gasteiger partial charge >= 0.3 is 0 Å². The Morgan fingerprint density at radius 1 is 0.925 bits per heavy atom. The van der Waals surface area contributed by atoms with E-state index in [1.54, 1.807) is 6.07 Å². The summed E-state index contributed by atoms with van der Waals surface area (Å²) in [4.78, 5) is 13.3. The second kappa shape index (κ2) is 13.3. The second-order valence-corrected chi connectivity index (χ2v) is 11.7. The Morgan fingerprint density at radius 2 is 1.60 bits per heavy atom. The summed E-state index contributed by atoms with van der Waals surface area (Å²) >= 11 is 6.48. The second-order valence-electron chi connectivity index (χ2n) is 11.3. The van der Waals surface area contributed by atoms with Gasteiger partial charge in [0.25, 0.3) is 5.91 Å². The fraction of sp³-hybridized carbons (Fsp3) is 0.424. The zero-order valence-electron chi connectivity index (χ0n) is 24.7. The number of anilines is 2. The first-order chi connectivity index (χ1) is 18.9. The minimum absolute atomic E-state index is 0.0338. The molecule has 0 aliphatic rings. The number of para-hydroxylation sites is 1. The van der Waals surface area contributed by atoms with Crippen molar-refractivity contribution in [3.05, 3.63) is 76.8 Å². The maximum atomic E-state index is 13.3. The van der Waals surface area contributed by atoms with Crippen molar-refractivity contribution >= 4 is 28.9 Å². The summed E-state index contributed by atoms with van der Waals surface area (Å²) in [5.41, 5.74) is 2.93. The zero-order chi connectivity index (χ0) is 29.5. The molecule has 1 amide bonds. The number of hydrogen-bond donors (Lipinski definition) is 3. The highest BCUT2D eigenvalue weighted by Gasteiger charge is 2.29. The number of rotatable bonds is 13. The number of phenols is 1. The Bertz CT molecular complexity index is 1290. The number of nitrogens with one attached hydrogen (secondary N) is 2. The molecular formula is C33H43ClN2O4. The van der Waals surface area contributed by atoms with E-state index < -0.39 is 6.10 Å². The molecule has 216 valence electrons. The standard InChI is InChI=1S/C33H43ClN2O4/c1-8-29(40-30-17-16-22(32(4,5)9-2)18-24(30)33(6,7)10-3)31(38)36-26-20-28(37)27(19-25(26)34)35-21-39-23-14-12-11-13-15-23/h11-20,29,35,37H,8-10,21H2,1-7H3,(H,36,38). The summed E-state index contributed by atoms with van der Waals surface area (Å²) in [6.45, 7) is 15.3. The third-order valence-electron chi connectivity index (χ3n) is 7.78. The van der Waals surface area contributed by atoms with Gasteiger partial charge in [0.2, 0.25) is 0 Å². The Labute approximate surface area is 244 Å². The molecule has 40 heavy (non-hydrogen) atoms. The number of ether oxygens (including phenoxy) is 2. The van der Waals surface area contributed by atoms with Gasteiger partial charge in [-0.1, -0.05) is 90.4 Å². The number of halogens is 1. The van der Waals surface area contributed by atoms with E-state index in [9.17, 15) is 9.90 Å². The van der Waals surface area contributed by atoms with Crippen molar-refractivity contribution in [2.75, 3.05) is 17.4 Å². The summed E-state index contributed by atoms with van der Waals surface area (Å²) in [6.07, 6.45) is 1.65. The highest BCUT2D eigenvalue weighted by atomic mass is 35.5. The van der Waals surface area contributed by atoms with Crippen molar-refractivity contribution in [2.45, 2.75) is 84.7 Å². The smallest absolute Gasteiger partial charge is 0.265 e. The van der Waals surface area contributed by atoms with Crippen LogP contribution < -0.4 is 20.1 Å². The molecule has 1 atom stereocenters. The van der Waals surface area contributed by atoms with Crippen LogP contribution in [-0.2, 0) is 15.6 Å². The van der Waals surface area contributed by atoms with Crippen molar-refractivity contribution in [3.8, 4) is 17.2 Å². The predicted octanol–water partition coefficient (Wildman–Crippen LogP) is 8.67. The maximum Gasteiger partial charge on any atom is 0.265 e. The van der Waals surface area contributed by atoms with Crippen molar-refractivity contribution in [2.24, 2.45) is 0 Å². The van der Waals surface area contributed by atoms with E-state index in [1.165, 1.54) is 11.6 Å². The van der Waals surface area contributed by atoms with Crippen LogP contribution in [0.1, 0.15) is 78.9 Å². The van der Waals surface area contributed by atoms with Crippen LogP contribution in [0, 0.1) is 0 Å². The third-order valence-corrected chi connectivity index (χ3v) is 8.09. The molecule has 3 aromatic carbocycles. The van der Waals surface area contributed by atoms with Crippen LogP contribution in [-0.4, -0.2) is 23.8 Å². The van der Waals surface area contributed by atoms with Crippen LogP contribution in [0.3, 0.4) is 0 Å². The Morgan fingerprint density at radius 3 is 2.23 bits per heavy atom. The molecule has 6 nitrogen and oxygen atoms in total. The van der Waals surface area contributed by atoms with Crippen molar-refractivity contribution in [1.29, 1.82) is 0 Å². The van der Waals surface area contributed by atoms with Crippen LogP contribution in [0.15, 0.2) is 60.7 Å². The van der Waals surface area contributed by atoms with Gasteiger partial charge in [-0.2, -0.15) is 0 Å². The molecule has 3 N–H and O–H groups in total. The summed E-state index contributed by atoms with van der Waals surface area (Å²) in [6, 6.07) is 18.6. The first-order valence-corrected chi connectivity index (χ1v) is 14.4. The van der Waals surface area contributed by atoms with Crippen molar-refractivity contribution < 1.29 is 19.4 Å². The van der Waals surface area contributed by atoms with Gasteiger partial charge in [0.1, 0.15) is 17.2 Å². The molecule has 7 heteroatoms. The lowest BCUT2D eigenvalue weighted by Gasteiger charge is -2.31. The van der Waals surface area contributed by atoms with Gasteiger partial charge in [-0.25, -0.2) is 0 Å². The predicted molar refractivity (Wildman–Crippen MR) is 165 cm³/mol. The van der Waals surface area contributed by atoms with Crippen LogP contribution in [0.25, 0.3) is 0 Å². The lowest BCUT2D eigenvalue weighted by atomic mass is 9.76. The van der Waals surface area contributed by atoms with Crippen LogP contribution in [0.2, 0.25) is 5.02 Å². The maximum absolute atomic E-state index is 13.3. The highest BCUT2D eigenvalue weighted by Crippen LogP contribution is 2.39. The lowest BCUT2D eigenvalue weighted by molar-refractivity contribution is -0.122. The summed E-state index contributed by atoms with van der Waals surface area (Å²) in [5.74, 6) is 1.00. The van der Waals surface area contributed by atoms with Gasteiger partial charge < -0.3 is 25.2 Å². The molecule has 0 saturated carbocycles. The van der Waals surface area contributed by atoms with Gasteiger partial charge in [0, 0.05) is 11.6 Å². The SMILES string of the molecule is CCC(Oc1ccc(C(C)(C)CC)cc1C(C)(C)CC)C(=O)Nc1cc(O)c(NCOc2ccccc2)cc1Cl. The molecule has 0 bridgehead atoms. The molecular weight excluding hydrogens is 524 g/mol. The van der Waals surface area contributed by atoms with Gasteiger partial charge in [0.15, 0.2) is 12.8 Å². The molecule has 0 heterocycles. The summed E-state index contributed by atoms with van der Waals surface area (Å²) < 4.78 is 12.0. The zero-order valence-corrected chi connectivity index (χ0v) is 25.5. The lowest BCUT2D eigenvalue weighted by Crippen LogP contribution is -2.33. The summed E-state index contributed by atoms with van der Waals surface area (Å²) in [7, 11) is 0. The normalized spacial score (nSPS) is 12.5. The quantitative estimate of drug-likeness (QED) is 0.142. The van der Waals surface area contributed by atoms with Crippen LogP contribution in [0.5, 0.6) is 17.2 Å². The number of benzene rings is 3. The molecule has 0 spiro atoms. The number of carbonyl (C=O) groups excluding carboxylic acids is 1. The van der Waals surface area contributed by atoms with E-state index in [4.69, 9.17) is 21.1 Å². The average Bonchev–Trinajstić information content (AvgIpc) is 2.94. The van der Waals surface area contributed by atoms with Crippen molar-refractivity contribution in [3.63, 3.8) is 0 Å². The Balaban J connectivity index is 1.76. The van der Waals surface area contributed by atoms with E-state index in [2.05, 4.69) is 64.3 Å².